The number of carbonyl (C=O) groups excluding carboxylic acids is 4. The summed E-state index contributed by atoms with van der Waals surface area (Å²) in [6.45, 7) is 0.209. The normalized spacial score (nSPS) is 21.8. The Balaban J connectivity index is 1.69. The quantitative estimate of drug-likeness (QED) is 0.515. The number of rotatable bonds is 5. The van der Waals surface area contributed by atoms with E-state index in [1.165, 1.54) is 4.90 Å². The van der Waals surface area contributed by atoms with Crippen molar-refractivity contribution in [1.29, 1.82) is 5.26 Å². The Hall–Kier alpha value is -3.55. The molecule has 2 aromatic rings. The molecule has 2 N–H and O–H groups in total. The Morgan fingerprint density at radius 2 is 1.66 bits per heavy atom. The first-order valence-electron chi connectivity index (χ1n) is 9.53. The van der Waals surface area contributed by atoms with Gasteiger partial charge in [0.15, 0.2) is 0 Å². The lowest BCUT2D eigenvalue weighted by Crippen LogP contribution is -2.38. The molecule has 0 aliphatic carbocycles. The number of imide groups is 1. The lowest BCUT2D eigenvalue weighted by molar-refractivity contribution is -0.122. The van der Waals surface area contributed by atoms with E-state index in [4.69, 9.17) is 0 Å². The van der Waals surface area contributed by atoms with Gasteiger partial charge in [-0.1, -0.05) is 60.3 Å². The van der Waals surface area contributed by atoms with E-state index in [0.717, 1.165) is 29.1 Å². The summed E-state index contributed by atoms with van der Waals surface area (Å²) in [5.74, 6) is -1.66. The van der Waals surface area contributed by atoms with E-state index in [-0.39, 0.29) is 17.1 Å². The van der Waals surface area contributed by atoms with Gasteiger partial charge in [-0.05, 0) is 29.5 Å². The molecule has 0 spiro atoms. The Kier molecular flexibility index (Phi) is 6.30. The number of nitrogens with zero attached hydrogens (tertiary/aromatic N) is 2. The molecule has 2 aliphatic heterocycles. The molecule has 2 atom stereocenters. The SMILES string of the molecule is N#C/C(C(=O)NCc1ccccc1)=C1/SC(C2SC(=O)NC2=O)C(=O)N1c1ccccc1. The summed E-state index contributed by atoms with van der Waals surface area (Å²) in [6, 6.07) is 19.7. The number of hydrogen-bond donors (Lipinski definition) is 2. The fourth-order valence-corrected chi connectivity index (χ4v) is 5.65. The number of amides is 4. The third-order valence-electron chi connectivity index (χ3n) is 4.76. The molecule has 4 amide bonds. The fraction of sp³-hybridized carbons (Fsp3) is 0.136. The van der Waals surface area contributed by atoms with Gasteiger partial charge in [0.05, 0.1) is 0 Å². The molecule has 0 saturated carbocycles. The molecule has 0 radical (unpaired) electrons. The summed E-state index contributed by atoms with van der Waals surface area (Å²) in [6.07, 6.45) is 0. The number of nitriles is 1. The van der Waals surface area contributed by atoms with Crippen molar-refractivity contribution in [3.05, 3.63) is 76.8 Å². The summed E-state index contributed by atoms with van der Waals surface area (Å²) in [4.78, 5) is 51.3. The van der Waals surface area contributed by atoms with E-state index < -0.39 is 33.5 Å². The summed E-state index contributed by atoms with van der Waals surface area (Å²) in [5.41, 5.74) is 1.08. The maximum Gasteiger partial charge on any atom is 0.286 e. The summed E-state index contributed by atoms with van der Waals surface area (Å²) in [7, 11) is 0. The van der Waals surface area contributed by atoms with Gasteiger partial charge in [0, 0.05) is 12.2 Å². The van der Waals surface area contributed by atoms with Crippen LogP contribution in [0.25, 0.3) is 0 Å². The van der Waals surface area contributed by atoms with Crippen molar-refractivity contribution in [2.75, 3.05) is 4.90 Å². The van der Waals surface area contributed by atoms with Crippen molar-refractivity contribution < 1.29 is 19.2 Å². The highest BCUT2D eigenvalue weighted by Gasteiger charge is 2.50. The maximum absolute atomic E-state index is 13.3. The molecule has 2 aliphatic rings. The summed E-state index contributed by atoms with van der Waals surface area (Å²) in [5, 5.41) is 12.4. The molecule has 2 unspecified atom stereocenters. The highest BCUT2D eigenvalue weighted by molar-refractivity contribution is 8.16. The topological polar surface area (TPSA) is 119 Å². The van der Waals surface area contributed by atoms with E-state index >= 15 is 0 Å². The fourth-order valence-electron chi connectivity index (χ4n) is 3.27. The number of anilines is 1. The Morgan fingerprint density at radius 1 is 1.00 bits per heavy atom. The van der Waals surface area contributed by atoms with E-state index in [2.05, 4.69) is 10.6 Å². The molecule has 10 heteroatoms. The zero-order valence-corrected chi connectivity index (χ0v) is 18.1. The van der Waals surface area contributed by atoms with Crippen LogP contribution >= 0.6 is 23.5 Å². The van der Waals surface area contributed by atoms with Crippen LogP contribution in [0.15, 0.2) is 71.3 Å². The van der Waals surface area contributed by atoms with Crippen LogP contribution in [-0.4, -0.2) is 33.5 Å². The highest BCUT2D eigenvalue weighted by atomic mass is 32.2. The highest BCUT2D eigenvalue weighted by Crippen LogP contribution is 2.45. The van der Waals surface area contributed by atoms with Crippen LogP contribution in [0.4, 0.5) is 10.5 Å². The minimum Gasteiger partial charge on any atom is -0.347 e. The van der Waals surface area contributed by atoms with Crippen molar-refractivity contribution in [2.24, 2.45) is 0 Å². The van der Waals surface area contributed by atoms with E-state index in [1.807, 2.05) is 36.4 Å². The molecule has 0 bridgehead atoms. The molecule has 8 nitrogen and oxygen atoms in total. The zero-order chi connectivity index (χ0) is 22.7. The first-order chi connectivity index (χ1) is 15.5. The number of para-hydroxylation sites is 1. The third-order valence-corrected chi connectivity index (χ3v) is 7.33. The van der Waals surface area contributed by atoms with Crippen LogP contribution in [0.1, 0.15) is 5.56 Å². The van der Waals surface area contributed by atoms with Crippen molar-refractivity contribution in [3.8, 4) is 6.07 Å². The maximum atomic E-state index is 13.3. The van der Waals surface area contributed by atoms with Crippen LogP contribution in [0.5, 0.6) is 0 Å². The third kappa shape index (κ3) is 4.26. The minimum atomic E-state index is -0.952. The Morgan fingerprint density at radius 3 is 2.25 bits per heavy atom. The second-order valence-electron chi connectivity index (χ2n) is 6.82. The standard InChI is InChI=1S/C22H16N4O4S2/c23-11-15(18(27)24-12-13-7-3-1-4-8-13)21-26(14-9-5-2-6-10-14)20(29)17(31-21)16-19(28)25-22(30)32-16/h1-10,16-17H,12H2,(H,24,27)(H,25,28,30)/b21-15-. The number of carbonyl (C=O) groups is 4. The van der Waals surface area contributed by atoms with Crippen LogP contribution in [0.2, 0.25) is 0 Å². The predicted molar refractivity (Wildman–Crippen MR) is 121 cm³/mol. The zero-order valence-electron chi connectivity index (χ0n) is 16.5. The Labute approximate surface area is 192 Å². The molecule has 2 saturated heterocycles. The number of nitrogens with one attached hydrogen (secondary N) is 2. The molecular formula is C22H16N4O4S2. The second kappa shape index (κ2) is 9.30. The molecule has 4 rings (SSSR count). The van der Waals surface area contributed by atoms with Crippen molar-refractivity contribution in [1.82, 2.24) is 10.6 Å². The van der Waals surface area contributed by atoms with Crippen LogP contribution < -0.4 is 15.5 Å². The number of benzene rings is 2. The van der Waals surface area contributed by atoms with Gasteiger partial charge in [-0.25, -0.2) is 0 Å². The number of thioether (sulfide) groups is 2. The van der Waals surface area contributed by atoms with Crippen molar-refractivity contribution in [2.45, 2.75) is 17.0 Å². The lowest BCUT2D eigenvalue weighted by Gasteiger charge is -2.19. The van der Waals surface area contributed by atoms with E-state index in [9.17, 15) is 24.4 Å². The largest absolute Gasteiger partial charge is 0.347 e. The van der Waals surface area contributed by atoms with Crippen LogP contribution in [-0.2, 0) is 20.9 Å². The first-order valence-corrected chi connectivity index (χ1v) is 11.3. The predicted octanol–water partition coefficient (Wildman–Crippen LogP) is 2.54. The first kappa shape index (κ1) is 21.7. The average molecular weight is 465 g/mol. The van der Waals surface area contributed by atoms with Gasteiger partial charge < -0.3 is 5.32 Å². The van der Waals surface area contributed by atoms with Gasteiger partial charge in [0.25, 0.3) is 11.1 Å². The molecule has 2 aromatic carbocycles. The Bertz CT molecular complexity index is 1160. The lowest BCUT2D eigenvalue weighted by atomic mass is 10.2. The van der Waals surface area contributed by atoms with Gasteiger partial charge in [-0.3, -0.25) is 29.4 Å². The minimum absolute atomic E-state index is 0.131. The van der Waals surface area contributed by atoms with Gasteiger partial charge in [0.2, 0.25) is 11.8 Å². The molecule has 2 heterocycles. The van der Waals surface area contributed by atoms with Crippen molar-refractivity contribution >= 4 is 52.2 Å². The van der Waals surface area contributed by atoms with Gasteiger partial charge >= 0.3 is 0 Å². The van der Waals surface area contributed by atoms with Crippen LogP contribution in [0.3, 0.4) is 0 Å². The molecule has 32 heavy (non-hydrogen) atoms. The van der Waals surface area contributed by atoms with Crippen LogP contribution in [0, 0.1) is 11.3 Å². The van der Waals surface area contributed by atoms with Gasteiger partial charge in [-0.15, -0.1) is 0 Å². The van der Waals surface area contributed by atoms with Gasteiger partial charge in [-0.2, -0.15) is 5.26 Å². The smallest absolute Gasteiger partial charge is 0.286 e. The number of hydrogen-bond acceptors (Lipinski definition) is 7. The molecular weight excluding hydrogens is 448 g/mol. The second-order valence-corrected chi connectivity index (χ2v) is 9.07. The van der Waals surface area contributed by atoms with E-state index in [0.29, 0.717) is 5.69 Å². The summed E-state index contributed by atoms with van der Waals surface area (Å²) >= 11 is 1.68. The van der Waals surface area contributed by atoms with Gasteiger partial charge in [0.1, 0.15) is 27.2 Å². The molecule has 2 fully saturated rings. The van der Waals surface area contributed by atoms with E-state index in [1.54, 1.807) is 30.3 Å². The van der Waals surface area contributed by atoms with Crippen molar-refractivity contribution in [3.63, 3.8) is 0 Å². The summed E-state index contributed by atoms with van der Waals surface area (Å²) < 4.78 is 0. The molecule has 0 aromatic heterocycles. The average Bonchev–Trinajstić information content (AvgIpc) is 3.32. The molecule has 160 valence electrons. The monoisotopic (exact) mass is 464 g/mol.